The van der Waals surface area contributed by atoms with Gasteiger partial charge in [0.1, 0.15) is 0 Å². The van der Waals surface area contributed by atoms with Crippen LogP contribution in [0.5, 0.6) is 0 Å². The molecule has 2 aliphatic heterocycles. The quantitative estimate of drug-likeness (QED) is 0.619. The van der Waals surface area contributed by atoms with Gasteiger partial charge >= 0.3 is 7.12 Å². The second kappa shape index (κ2) is 6.34. The summed E-state index contributed by atoms with van der Waals surface area (Å²) in [6.45, 7) is 10.1. The number of hydrogen-bond acceptors (Lipinski definition) is 3. The van der Waals surface area contributed by atoms with Crippen LogP contribution in [0.25, 0.3) is 21.8 Å². The summed E-state index contributed by atoms with van der Waals surface area (Å²) < 4.78 is 21.1. The van der Waals surface area contributed by atoms with Crippen molar-refractivity contribution in [3.05, 3.63) is 42.5 Å². The fourth-order valence-corrected chi connectivity index (χ4v) is 4.56. The van der Waals surface area contributed by atoms with Gasteiger partial charge in [0, 0.05) is 28.4 Å². The maximum absolute atomic E-state index is 6.41. The van der Waals surface area contributed by atoms with E-state index >= 15 is 0 Å². The lowest BCUT2D eigenvalue weighted by Crippen LogP contribution is -2.41. The maximum Gasteiger partial charge on any atom is 0.495 e. The minimum absolute atomic E-state index is 0.352. The third-order valence-electron chi connectivity index (χ3n) is 6.78. The van der Waals surface area contributed by atoms with Crippen molar-refractivity contribution < 1.29 is 14.0 Å². The Morgan fingerprint density at radius 2 is 1.64 bits per heavy atom. The predicted octanol–water partition coefficient (Wildman–Crippen LogP) is 4.45. The number of nitrogens with zero attached hydrogens (tertiary/aromatic N) is 1. The van der Waals surface area contributed by atoms with Crippen LogP contribution in [0.3, 0.4) is 0 Å². The summed E-state index contributed by atoms with van der Waals surface area (Å²) in [5.74, 6) is 0. The van der Waals surface area contributed by atoms with Gasteiger partial charge in [0.2, 0.25) is 0 Å². The second-order valence-corrected chi connectivity index (χ2v) is 9.09. The molecule has 0 radical (unpaired) electrons. The van der Waals surface area contributed by atoms with Crippen LogP contribution in [0.1, 0.15) is 46.6 Å². The van der Waals surface area contributed by atoms with Crippen LogP contribution < -0.4 is 5.46 Å². The van der Waals surface area contributed by atoms with Crippen LogP contribution in [0, 0.1) is 0 Å². The van der Waals surface area contributed by atoms with Crippen LogP contribution in [0.15, 0.2) is 42.5 Å². The minimum atomic E-state index is -0.365. The molecule has 5 rings (SSSR count). The van der Waals surface area contributed by atoms with Crippen molar-refractivity contribution >= 4 is 34.4 Å². The molecule has 0 spiro atoms. The number of ether oxygens (including phenoxy) is 1. The number of hydrogen-bond donors (Lipinski definition) is 0. The van der Waals surface area contributed by atoms with Crippen LogP contribution in [-0.4, -0.2) is 36.1 Å². The van der Waals surface area contributed by atoms with Gasteiger partial charge in [-0.3, -0.25) is 0 Å². The van der Waals surface area contributed by atoms with Gasteiger partial charge in [0.05, 0.1) is 23.9 Å². The van der Waals surface area contributed by atoms with Gasteiger partial charge in [-0.25, -0.2) is 0 Å². The molecule has 2 aliphatic rings. The first kappa shape index (κ1) is 18.2. The zero-order valence-corrected chi connectivity index (χ0v) is 17.2. The maximum atomic E-state index is 6.41. The topological polar surface area (TPSA) is 32.6 Å². The fourth-order valence-electron chi connectivity index (χ4n) is 4.56. The Hall–Kier alpha value is -1.82. The number of para-hydroxylation sites is 1. The van der Waals surface area contributed by atoms with Gasteiger partial charge in [-0.05, 0) is 58.1 Å². The van der Waals surface area contributed by atoms with E-state index in [-0.39, 0.29) is 18.3 Å². The molecule has 1 atom stereocenters. The molecule has 2 fully saturated rings. The minimum Gasteiger partial charge on any atom is -0.399 e. The summed E-state index contributed by atoms with van der Waals surface area (Å²) in [4.78, 5) is 0. The highest BCUT2D eigenvalue weighted by Gasteiger charge is 2.52. The third kappa shape index (κ3) is 2.64. The number of fused-ring (bicyclic) bond motifs is 3. The first-order valence-electron chi connectivity index (χ1n) is 10.3. The lowest BCUT2D eigenvalue weighted by molar-refractivity contribution is 0.00578. The number of benzene rings is 2. The van der Waals surface area contributed by atoms with Crippen molar-refractivity contribution in [2.75, 3.05) is 13.2 Å². The van der Waals surface area contributed by atoms with E-state index in [1.54, 1.807) is 0 Å². The molecule has 0 aliphatic carbocycles. The summed E-state index contributed by atoms with van der Waals surface area (Å²) >= 11 is 0. The standard InChI is InChI=1S/C23H28BNO3/c1-22(2)23(3,4)28-24(27-22)18-11-7-13-20-21(18)17-10-5-6-12-19(17)25(20)16-9-8-14-26-15-16/h5-7,10-13,16H,8-9,14-15H2,1-4H3. The summed E-state index contributed by atoms with van der Waals surface area (Å²) in [6, 6.07) is 15.5. The van der Waals surface area contributed by atoms with E-state index in [0.717, 1.165) is 31.5 Å². The SMILES string of the molecule is CC1(C)OB(c2cccc3c2c2ccccc2n3C2CCCOC2)OC1(C)C. The molecule has 0 saturated carbocycles. The monoisotopic (exact) mass is 377 g/mol. The molecule has 1 unspecified atom stereocenters. The molecule has 2 saturated heterocycles. The van der Waals surface area contributed by atoms with Gasteiger partial charge in [-0.1, -0.05) is 30.3 Å². The number of rotatable bonds is 2. The van der Waals surface area contributed by atoms with Gasteiger partial charge in [-0.15, -0.1) is 0 Å². The van der Waals surface area contributed by atoms with Gasteiger partial charge in [0.15, 0.2) is 0 Å². The average Bonchev–Trinajstić information content (AvgIpc) is 3.13. The molecule has 3 aromatic rings. The molecule has 0 N–H and O–H groups in total. The molecule has 5 heteroatoms. The molecule has 146 valence electrons. The van der Waals surface area contributed by atoms with E-state index in [1.165, 1.54) is 21.8 Å². The zero-order chi connectivity index (χ0) is 19.5. The van der Waals surface area contributed by atoms with E-state index in [2.05, 4.69) is 74.7 Å². The Morgan fingerprint density at radius 3 is 2.36 bits per heavy atom. The molecule has 4 nitrogen and oxygen atoms in total. The molecule has 0 bridgehead atoms. The zero-order valence-electron chi connectivity index (χ0n) is 17.2. The van der Waals surface area contributed by atoms with Crippen molar-refractivity contribution in [1.29, 1.82) is 0 Å². The summed E-state index contributed by atoms with van der Waals surface area (Å²) in [5, 5.41) is 2.50. The summed E-state index contributed by atoms with van der Waals surface area (Å²) in [5.41, 5.74) is 2.91. The summed E-state index contributed by atoms with van der Waals surface area (Å²) in [6.07, 6.45) is 2.25. The first-order chi connectivity index (χ1) is 13.4. The first-order valence-corrected chi connectivity index (χ1v) is 10.3. The number of aromatic nitrogens is 1. The van der Waals surface area contributed by atoms with Gasteiger partial charge < -0.3 is 18.6 Å². The van der Waals surface area contributed by atoms with E-state index in [4.69, 9.17) is 14.0 Å². The highest BCUT2D eigenvalue weighted by atomic mass is 16.7. The van der Waals surface area contributed by atoms with E-state index < -0.39 is 0 Å². The second-order valence-electron chi connectivity index (χ2n) is 9.09. The van der Waals surface area contributed by atoms with Gasteiger partial charge in [0.25, 0.3) is 0 Å². The normalized spacial score (nSPS) is 24.3. The Morgan fingerprint density at radius 1 is 0.929 bits per heavy atom. The van der Waals surface area contributed by atoms with E-state index in [9.17, 15) is 0 Å². The van der Waals surface area contributed by atoms with Crippen molar-refractivity contribution in [3.8, 4) is 0 Å². The van der Waals surface area contributed by atoms with Crippen LogP contribution >= 0.6 is 0 Å². The molecule has 2 aromatic carbocycles. The largest absolute Gasteiger partial charge is 0.495 e. The lowest BCUT2D eigenvalue weighted by Gasteiger charge is -2.32. The predicted molar refractivity (Wildman–Crippen MR) is 114 cm³/mol. The van der Waals surface area contributed by atoms with E-state index in [0.29, 0.717) is 6.04 Å². The van der Waals surface area contributed by atoms with Crippen LogP contribution in [0.4, 0.5) is 0 Å². The van der Waals surface area contributed by atoms with Crippen LogP contribution in [0.2, 0.25) is 0 Å². The van der Waals surface area contributed by atoms with Crippen molar-refractivity contribution in [1.82, 2.24) is 4.57 Å². The smallest absolute Gasteiger partial charge is 0.399 e. The molecule has 28 heavy (non-hydrogen) atoms. The molecular formula is C23H28BNO3. The highest BCUT2D eigenvalue weighted by Crippen LogP contribution is 2.39. The Bertz CT molecular complexity index is 1020. The third-order valence-corrected chi connectivity index (χ3v) is 6.78. The molecule has 3 heterocycles. The van der Waals surface area contributed by atoms with Crippen molar-refractivity contribution in [2.24, 2.45) is 0 Å². The Kier molecular flexibility index (Phi) is 4.13. The van der Waals surface area contributed by atoms with Crippen molar-refractivity contribution in [3.63, 3.8) is 0 Å². The average molecular weight is 377 g/mol. The van der Waals surface area contributed by atoms with Crippen LogP contribution in [-0.2, 0) is 14.0 Å². The molecule has 0 amide bonds. The van der Waals surface area contributed by atoms with Crippen molar-refractivity contribution in [2.45, 2.75) is 57.8 Å². The summed E-state index contributed by atoms with van der Waals surface area (Å²) in [7, 11) is -0.365. The lowest BCUT2D eigenvalue weighted by atomic mass is 9.76. The highest BCUT2D eigenvalue weighted by molar-refractivity contribution is 6.66. The Labute approximate surface area is 166 Å². The fraction of sp³-hybridized carbons (Fsp3) is 0.478. The van der Waals surface area contributed by atoms with Gasteiger partial charge in [-0.2, -0.15) is 0 Å². The Balaban J connectivity index is 1.73. The van der Waals surface area contributed by atoms with E-state index in [1.807, 2.05) is 0 Å². The molecular weight excluding hydrogens is 349 g/mol. The molecule has 1 aromatic heterocycles.